The molecule has 1 aromatic carbocycles. The normalized spacial score (nSPS) is 13.7. The van der Waals surface area contributed by atoms with E-state index in [9.17, 15) is 13.8 Å². The number of carbonyl (C=O) groups is 2. The summed E-state index contributed by atoms with van der Waals surface area (Å²) in [5.74, 6) is -1.31. The molecule has 98 valence electrons. The second-order valence-electron chi connectivity index (χ2n) is 3.66. The monoisotopic (exact) mass is 270 g/mol. The molecule has 0 radical (unpaired) electrons. The van der Waals surface area contributed by atoms with E-state index in [2.05, 4.69) is 0 Å². The van der Waals surface area contributed by atoms with Gasteiger partial charge in [-0.15, -0.1) is 0 Å². The number of hydrogen-bond acceptors (Lipinski definition) is 4. The summed E-state index contributed by atoms with van der Waals surface area (Å²) in [5.41, 5.74) is 0.361. The van der Waals surface area contributed by atoms with E-state index >= 15 is 0 Å². The minimum absolute atomic E-state index is 0.305. The summed E-state index contributed by atoms with van der Waals surface area (Å²) in [6, 6.07) is 6.45. The van der Waals surface area contributed by atoms with Gasteiger partial charge in [-0.05, 0) is 19.1 Å². The standard InChI is InChI=1S/C12H14O5S/c1-8(12(14)15)18(16)7-11(13)9-4-3-5-10(6-9)17-2/h3-6,8H,7H2,1-2H3,(H,14,15). The fourth-order valence-corrected chi connectivity index (χ4v) is 2.15. The van der Waals surface area contributed by atoms with Crippen LogP contribution < -0.4 is 4.74 Å². The van der Waals surface area contributed by atoms with Crippen LogP contribution in [0.1, 0.15) is 17.3 Å². The number of ether oxygens (including phenoxy) is 1. The molecular weight excluding hydrogens is 256 g/mol. The van der Waals surface area contributed by atoms with E-state index < -0.39 is 22.0 Å². The fourth-order valence-electron chi connectivity index (χ4n) is 1.25. The zero-order valence-corrected chi connectivity index (χ0v) is 10.9. The molecule has 1 N–H and O–H groups in total. The van der Waals surface area contributed by atoms with Crippen LogP contribution in [0, 0.1) is 0 Å². The highest BCUT2D eigenvalue weighted by Gasteiger charge is 2.22. The first kappa shape index (κ1) is 14.4. The van der Waals surface area contributed by atoms with E-state index in [1.54, 1.807) is 18.2 Å². The first-order chi connectivity index (χ1) is 8.45. The van der Waals surface area contributed by atoms with Crippen molar-refractivity contribution in [3.8, 4) is 5.75 Å². The third-order valence-electron chi connectivity index (χ3n) is 2.41. The highest BCUT2D eigenvalue weighted by Crippen LogP contribution is 2.13. The summed E-state index contributed by atoms with van der Waals surface area (Å²) in [6.07, 6.45) is 0. The summed E-state index contributed by atoms with van der Waals surface area (Å²) in [5, 5.41) is 7.64. The molecule has 0 spiro atoms. The predicted octanol–water partition coefficient (Wildman–Crippen LogP) is 1.10. The van der Waals surface area contributed by atoms with Gasteiger partial charge in [0.25, 0.3) is 0 Å². The second-order valence-corrected chi connectivity index (χ2v) is 5.42. The van der Waals surface area contributed by atoms with Crippen molar-refractivity contribution in [1.82, 2.24) is 0 Å². The van der Waals surface area contributed by atoms with Gasteiger partial charge in [-0.2, -0.15) is 0 Å². The Bertz CT molecular complexity index is 483. The van der Waals surface area contributed by atoms with Crippen molar-refractivity contribution in [1.29, 1.82) is 0 Å². The van der Waals surface area contributed by atoms with Crippen LogP contribution in [0.2, 0.25) is 0 Å². The number of hydrogen-bond donors (Lipinski definition) is 1. The molecule has 0 amide bonds. The number of aliphatic carboxylic acids is 1. The van der Waals surface area contributed by atoms with Gasteiger partial charge in [0, 0.05) is 16.4 Å². The van der Waals surface area contributed by atoms with Crippen LogP contribution in [0.25, 0.3) is 0 Å². The van der Waals surface area contributed by atoms with E-state index in [-0.39, 0.29) is 11.5 Å². The Labute approximate surface area is 107 Å². The zero-order chi connectivity index (χ0) is 13.7. The van der Waals surface area contributed by atoms with Crippen molar-refractivity contribution in [2.45, 2.75) is 12.2 Å². The number of carboxylic acid groups (broad SMARTS) is 1. The van der Waals surface area contributed by atoms with Gasteiger partial charge in [-0.1, -0.05) is 12.1 Å². The molecule has 0 aliphatic heterocycles. The van der Waals surface area contributed by atoms with Crippen LogP contribution >= 0.6 is 0 Å². The third-order valence-corrected chi connectivity index (χ3v) is 3.94. The number of carboxylic acids is 1. The Morgan fingerprint density at radius 2 is 2.11 bits per heavy atom. The van der Waals surface area contributed by atoms with E-state index in [4.69, 9.17) is 9.84 Å². The van der Waals surface area contributed by atoms with Crippen molar-refractivity contribution < 1.29 is 23.6 Å². The van der Waals surface area contributed by atoms with E-state index in [1.807, 2.05) is 0 Å². The van der Waals surface area contributed by atoms with Crippen LogP contribution in [0.15, 0.2) is 24.3 Å². The molecule has 2 unspecified atom stereocenters. The smallest absolute Gasteiger partial charge is 0.318 e. The van der Waals surface area contributed by atoms with Crippen molar-refractivity contribution in [3.63, 3.8) is 0 Å². The number of Topliss-reactive ketones (excluding diaryl/α,β-unsaturated/α-hetero) is 1. The molecule has 0 saturated heterocycles. The van der Waals surface area contributed by atoms with Gasteiger partial charge in [0.05, 0.1) is 12.9 Å². The fraction of sp³-hybridized carbons (Fsp3) is 0.333. The van der Waals surface area contributed by atoms with Crippen molar-refractivity contribution in [3.05, 3.63) is 29.8 Å². The van der Waals surface area contributed by atoms with Gasteiger partial charge in [-0.25, -0.2) is 0 Å². The topological polar surface area (TPSA) is 80.7 Å². The van der Waals surface area contributed by atoms with E-state index in [1.165, 1.54) is 20.1 Å². The lowest BCUT2D eigenvalue weighted by atomic mass is 10.1. The van der Waals surface area contributed by atoms with Crippen LogP contribution in [0.5, 0.6) is 5.75 Å². The molecule has 1 rings (SSSR count). The number of methoxy groups -OCH3 is 1. The van der Waals surface area contributed by atoms with Crippen LogP contribution in [-0.2, 0) is 15.6 Å². The molecule has 0 aliphatic rings. The third kappa shape index (κ3) is 3.66. The molecule has 0 fully saturated rings. The molecule has 0 heterocycles. The summed E-state index contributed by atoms with van der Waals surface area (Å²) in [4.78, 5) is 22.4. The molecule has 5 nitrogen and oxygen atoms in total. The second kappa shape index (κ2) is 6.30. The Balaban J connectivity index is 2.76. The van der Waals surface area contributed by atoms with Gasteiger partial charge in [0.15, 0.2) is 5.78 Å². The SMILES string of the molecule is COc1cccc(C(=O)CS(=O)C(C)C(=O)O)c1. The van der Waals surface area contributed by atoms with Gasteiger partial charge in [0.2, 0.25) is 0 Å². The quantitative estimate of drug-likeness (QED) is 0.783. The molecule has 18 heavy (non-hydrogen) atoms. The lowest BCUT2D eigenvalue weighted by Gasteiger charge is -2.06. The molecule has 0 aromatic heterocycles. The molecule has 6 heteroatoms. The minimum atomic E-state index is -1.72. The Kier molecular flexibility index (Phi) is 5.03. The van der Waals surface area contributed by atoms with Crippen LogP contribution in [0.4, 0.5) is 0 Å². The van der Waals surface area contributed by atoms with Crippen LogP contribution in [0.3, 0.4) is 0 Å². The Morgan fingerprint density at radius 1 is 1.44 bits per heavy atom. The van der Waals surface area contributed by atoms with E-state index in [0.29, 0.717) is 11.3 Å². The van der Waals surface area contributed by atoms with Crippen molar-refractivity contribution >= 4 is 22.6 Å². The van der Waals surface area contributed by atoms with E-state index in [0.717, 1.165) is 0 Å². The summed E-state index contributed by atoms with van der Waals surface area (Å²) < 4.78 is 16.6. The first-order valence-electron chi connectivity index (χ1n) is 5.23. The number of ketones is 1. The first-order valence-corrected chi connectivity index (χ1v) is 6.61. The number of benzene rings is 1. The molecular formula is C12H14O5S. The molecule has 0 aliphatic carbocycles. The zero-order valence-electron chi connectivity index (χ0n) is 10.1. The maximum absolute atomic E-state index is 11.8. The molecule has 0 saturated carbocycles. The maximum Gasteiger partial charge on any atom is 0.318 e. The lowest BCUT2D eigenvalue weighted by Crippen LogP contribution is -2.26. The Morgan fingerprint density at radius 3 is 2.67 bits per heavy atom. The summed E-state index contributed by atoms with van der Waals surface area (Å²) in [6.45, 7) is 1.32. The molecule has 2 atom stereocenters. The van der Waals surface area contributed by atoms with Crippen LogP contribution in [-0.4, -0.2) is 39.2 Å². The molecule has 1 aromatic rings. The maximum atomic E-state index is 11.8. The predicted molar refractivity (Wildman–Crippen MR) is 67.4 cm³/mol. The van der Waals surface area contributed by atoms with Gasteiger partial charge >= 0.3 is 5.97 Å². The summed E-state index contributed by atoms with van der Waals surface area (Å²) >= 11 is 0. The van der Waals surface area contributed by atoms with Crippen molar-refractivity contribution in [2.75, 3.05) is 12.9 Å². The highest BCUT2D eigenvalue weighted by atomic mass is 32.2. The number of carbonyl (C=O) groups excluding carboxylic acids is 1. The minimum Gasteiger partial charge on any atom is -0.497 e. The number of rotatable bonds is 6. The van der Waals surface area contributed by atoms with Crippen molar-refractivity contribution in [2.24, 2.45) is 0 Å². The molecule has 0 bridgehead atoms. The van der Waals surface area contributed by atoms with Gasteiger partial charge in [0.1, 0.15) is 11.0 Å². The average Bonchev–Trinajstić information content (AvgIpc) is 2.37. The highest BCUT2D eigenvalue weighted by molar-refractivity contribution is 7.87. The average molecular weight is 270 g/mol. The Hall–Kier alpha value is -1.69. The largest absolute Gasteiger partial charge is 0.497 e. The summed E-state index contributed by atoms with van der Waals surface area (Å²) in [7, 11) is -0.244. The van der Waals surface area contributed by atoms with Gasteiger partial charge in [-0.3, -0.25) is 13.8 Å². The van der Waals surface area contributed by atoms with Gasteiger partial charge < -0.3 is 9.84 Å². The lowest BCUT2D eigenvalue weighted by molar-refractivity contribution is -0.136.